The predicted molar refractivity (Wildman–Crippen MR) is 154 cm³/mol. The molecule has 7 nitrogen and oxygen atoms in total. The number of halogens is 1. The average Bonchev–Trinajstić information content (AvgIpc) is 3.68. The maximum absolute atomic E-state index is 13.8. The minimum Gasteiger partial charge on any atom is -0.492 e. The molecule has 0 saturated carbocycles. The maximum Gasteiger partial charge on any atom is 0.338 e. The van der Waals surface area contributed by atoms with Crippen LogP contribution in [0.25, 0.3) is 17.0 Å². The molecule has 0 radical (unpaired) electrons. The van der Waals surface area contributed by atoms with Gasteiger partial charge in [0, 0.05) is 27.5 Å². The number of methoxy groups -OCH3 is 1. The first-order valence-electron chi connectivity index (χ1n) is 12.5. The highest BCUT2D eigenvalue weighted by atomic mass is 32.1. The normalized spacial score (nSPS) is 15.3. The van der Waals surface area contributed by atoms with Crippen LogP contribution in [-0.2, 0) is 16.1 Å². The van der Waals surface area contributed by atoms with Gasteiger partial charge < -0.3 is 14.0 Å². The number of aromatic nitrogens is 2. The molecule has 0 amide bonds. The van der Waals surface area contributed by atoms with Crippen molar-refractivity contribution in [3.8, 4) is 5.75 Å². The highest BCUT2D eigenvalue weighted by molar-refractivity contribution is 7.10. The van der Waals surface area contributed by atoms with Gasteiger partial charge in [-0.2, -0.15) is 0 Å². The molecule has 0 N–H and O–H groups in total. The lowest BCUT2D eigenvalue weighted by Gasteiger charge is -2.22. The van der Waals surface area contributed by atoms with Crippen LogP contribution >= 0.6 is 22.7 Å². The number of fused-ring (bicyclic) bond motifs is 2. The number of para-hydroxylation sites is 1. The molecule has 40 heavy (non-hydrogen) atoms. The lowest BCUT2D eigenvalue weighted by Crippen LogP contribution is -2.39. The quantitative estimate of drug-likeness (QED) is 0.266. The van der Waals surface area contributed by atoms with Gasteiger partial charge in [0.15, 0.2) is 4.80 Å². The molecule has 0 fully saturated rings. The molecule has 0 spiro atoms. The Morgan fingerprint density at radius 2 is 1.93 bits per heavy atom. The molecule has 4 heterocycles. The SMILES string of the molecule is COC(=O)C1=C(C)N=c2sc(=Cc3cn(CCOc4ccc(F)cc4)c4ccccc34)c(=O)n2C1c1cccs1. The number of carbonyl (C=O) groups is 1. The van der Waals surface area contributed by atoms with Crippen molar-refractivity contribution in [3.05, 3.63) is 119 Å². The number of hydrogen-bond acceptors (Lipinski definition) is 7. The van der Waals surface area contributed by atoms with E-state index < -0.39 is 12.0 Å². The van der Waals surface area contributed by atoms with Crippen molar-refractivity contribution >= 4 is 45.6 Å². The average molecular weight is 574 g/mol. The van der Waals surface area contributed by atoms with E-state index in [1.54, 1.807) is 23.6 Å². The van der Waals surface area contributed by atoms with E-state index in [1.807, 2.05) is 54.1 Å². The van der Waals surface area contributed by atoms with Gasteiger partial charge >= 0.3 is 5.97 Å². The lowest BCUT2D eigenvalue weighted by molar-refractivity contribution is -0.136. The van der Waals surface area contributed by atoms with Crippen LogP contribution in [0.15, 0.2) is 93.3 Å². The first kappa shape index (κ1) is 26.0. The van der Waals surface area contributed by atoms with E-state index in [4.69, 9.17) is 9.47 Å². The van der Waals surface area contributed by atoms with Gasteiger partial charge in [-0.15, -0.1) is 11.3 Å². The van der Waals surface area contributed by atoms with Crippen molar-refractivity contribution in [1.82, 2.24) is 9.13 Å². The zero-order valence-electron chi connectivity index (χ0n) is 21.7. The fourth-order valence-electron chi connectivity index (χ4n) is 4.92. The molecule has 0 bridgehead atoms. The molecule has 0 aliphatic carbocycles. The Balaban J connectivity index is 1.40. The molecule has 3 aromatic heterocycles. The predicted octanol–water partition coefficient (Wildman–Crippen LogP) is 4.64. The second kappa shape index (κ2) is 10.7. The van der Waals surface area contributed by atoms with E-state index in [0.29, 0.717) is 39.5 Å². The van der Waals surface area contributed by atoms with Crippen LogP contribution in [0.4, 0.5) is 4.39 Å². The van der Waals surface area contributed by atoms with Gasteiger partial charge in [0.1, 0.15) is 24.2 Å². The Morgan fingerprint density at radius 1 is 1.12 bits per heavy atom. The van der Waals surface area contributed by atoms with Crippen LogP contribution in [0.1, 0.15) is 23.4 Å². The van der Waals surface area contributed by atoms with Gasteiger partial charge in [0.05, 0.1) is 29.5 Å². The molecule has 0 saturated heterocycles. The second-order valence-corrected chi connectivity index (χ2v) is 11.2. The third kappa shape index (κ3) is 4.69. The van der Waals surface area contributed by atoms with Crippen molar-refractivity contribution < 1.29 is 18.7 Å². The Labute approximate surface area is 236 Å². The number of esters is 1. The number of nitrogens with zero attached hydrogens (tertiary/aromatic N) is 3. The van der Waals surface area contributed by atoms with Crippen LogP contribution in [0.2, 0.25) is 0 Å². The van der Waals surface area contributed by atoms with E-state index in [-0.39, 0.29) is 11.4 Å². The van der Waals surface area contributed by atoms with E-state index in [2.05, 4.69) is 9.56 Å². The van der Waals surface area contributed by atoms with E-state index in [9.17, 15) is 14.0 Å². The van der Waals surface area contributed by atoms with Crippen LogP contribution in [0, 0.1) is 5.82 Å². The largest absolute Gasteiger partial charge is 0.492 e. The molecule has 202 valence electrons. The fourth-order valence-corrected chi connectivity index (χ4v) is 6.78. The molecule has 1 atom stereocenters. The van der Waals surface area contributed by atoms with Crippen LogP contribution in [0.5, 0.6) is 5.75 Å². The summed E-state index contributed by atoms with van der Waals surface area (Å²) in [5.74, 6) is -0.210. The molecule has 5 aromatic rings. The lowest BCUT2D eigenvalue weighted by atomic mass is 10.0. The number of rotatable bonds is 7. The zero-order chi connectivity index (χ0) is 27.8. The first-order chi connectivity index (χ1) is 19.4. The molecule has 1 unspecified atom stereocenters. The summed E-state index contributed by atoms with van der Waals surface area (Å²) in [4.78, 5) is 32.6. The number of thiophene rings is 1. The summed E-state index contributed by atoms with van der Waals surface area (Å²) in [6.45, 7) is 2.72. The van der Waals surface area contributed by atoms with Crippen molar-refractivity contribution in [2.45, 2.75) is 19.5 Å². The van der Waals surface area contributed by atoms with Gasteiger partial charge in [-0.1, -0.05) is 35.6 Å². The minimum atomic E-state index is -0.601. The van der Waals surface area contributed by atoms with Gasteiger partial charge in [-0.05, 0) is 54.8 Å². The second-order valence-electron chi connectivity index (χ2n) is 9.19. The molecule has 1 aliphatic rings. The van der Waals surface area contributed by atoms with Crippen molar-refractivity contribution in [2.75, 3.05) is 13.7 Å². The zero-order valence-corrected chi connectivity index (χ0v) is 23.3. The number of carbonyl (C=O) groups excluding carboxylic acids is 1. The summed E-state index contributed by atoms with van der Waals surface area (Å²) in [7, 11) is 1.33. The van der Waals surface area contributed by atoms with Crippen LogP contribution < -0.4 is 19.6 Å². The van der Waals surface area contributed by atoms with Crippen molar-refractivity contribution in [2.24, 2.45) is 4.99 Å². The molecule has 2 aromatic carbocycles. The maximum atomic E-state index is 13.8. The Hall–Kier alpha value is -4.28. The first-order valence-corrected chi connectivity index (χ1v) is 14.2. The number of thiazole rings is 1. The van der Waals surface area contributed by atoms with E-state index >= 15 is 0 Å². The minimum absolute atomic E-state index is 0.215. The number of allylic oxidation sites excluding steroid dienone is 1. The fraction of sp³-hybridized carbons (Fsp3) is 0.167. The Bertz CT molecular complexity index is 1930. The van der Waals surface area contributed by atoms with Gasteiger partial charge in [-0.3, -0.25) is 9.36 Å². The molecular weight excluding hydrogens is 549 g/mol. The molecule has 10 heteroatoms. The van der Waals surface area contributed by atoms with Crippen molar-refractivity contribution in [3.63, 3.8) is 0 Å². The third-order valence-electron chi connectivity index (χ3n) is 6.76. The summed E-state index contributed by atoms with van der Waals surface area (Å²) in [6.07, 6.45) is 3.88. The molecular formula is C30H24FN3O4S2. The topological polar surface area (TPSA) is 74.8 Å². The van der Waals surface area contributed by atoms with Crippen LogP contribution in [-0.4, -0.2) is 28.8 Å². The van der Waals surface area contributed by atoms with Gasteiger partial charge in [0.2, 0.25) is 0 Å². The summed E-state index contributed by atoms with van der Waals surface area (Å²) < 4.78 is 28.3. The molecule has 1 aliphatic heterocycles. The monoisotopic (exact) mass is 573 g/mol. The van der Waals surface area contributed by atoms with E-state index in [0.717, 1.165) is 21.3 Å². The number of benzene rings is 2. The Kier molecular flexibility index (Phi) is 6.95. The summed E-state index contributed by atoms with van der Waals surface area (Å²) in [5.41, 5.74) is 2.58. The van der Waals surface area contributed by atoms with E-state index in [1.165, 1.54) is 41.9 Å². The highest BCUT2D eigenvalue weighted by Crippen LogP contribution is 2.33. The van der Waals surface area contributed by atoms with Gasteiger partial charge in [-0.25, -0.2) is 14.2 Å². The van der Waals surface area contributed by atoms with Gasteiger partial charge in [0.25, 0.3) is 5.56 Å². The third-order valence-corrected chi connectivity index (χ3v) is 8.67. The summed E-state index contributed by atoms with van der Waals surface area (Å²) >= 11 is 2.78. The molecule has 6 rings (SSSR count). The summed E-state index contributed by atoms with van der Waals surface area (Å²) in [6, 6.07) is 17.1. The summed E-state index contributed by atoms with van der Waals surface area (Å²) in [5, 5.41) is 2.92. The standard InChI is InChI=1S/C30H24FN3O4S2/c1-18-26(29(36)37-2)27(24-8-5-15-39-24)34-28(35)25(40-30(34)32-18)16-19-17-33(23-7-4-3-6-22(19)23)13-14-38-21-11-9-20(31)10-12-21/h3-12,15-17,27H,13-14H2,1-2H3. The van der Waals surface area contributed by atoms with Crippen LogP contribution in [0.3, 0.4) is 0 Å². The van der Waals surface area contributed by atoms with Crippen molar-refractivity contribution in [1.29, 1.82) is 0 Å². The number of ether oxygens (including phenoxy) is 2. The smallest absolute Gasteiger partial charge is 0.338 e. The Morgan fingerprint density at radius 3 is 2.67 bits per heavy atom. The highest BCUT2D eigenvalue weighted by Gasteiger charge is 2.33. The number of hydrogen-bond donors (Lipinski definition) is 0.